The van der Waals surface area contributed by atoms with E-state index in [1.165, 1.54) is 0 Å². The van der Waals surface area contributed by atoms with Crippen LogP contribution in [-0.2, 0) is 6.54 Å². The molecule has 0 fully saturated rings. The van der Waals surface area contributed by atoms with E-state index in [2.05, 4.69) is 41.6 Å². The van der Waals surface area contributed by atoms with Crippen molar-refractivity contribution >= 4 is 15.9 Å². The molecule has 92 valence electrons. The Bertz CT molecular complexity index is 323. The molecule has 0 amide bonds. The predicted molar refractivity (Wildman–Crippen MR) is 70.2 cm³/mol. The van der Waals surface area contributed by atoms with Crippen LogP contribution in [0.1, 0.15) is 26.5 Å². The zero-order valence-corrected chi connectivity index (χ0v) is 11.9. The molecule has 1 rings (SSSR count). The maximum Gasteiger partial charge on any atom is 0.169 e. The van der Waals surface area contributed by atoms with Crippen LogP contribution in [0.15, 0.2) is 21.2 Å². The average molecular weight is 289 g/mol. The zero-order chi connectivity index (χ0) is 12.2. The molecule has 2 N–H and O–H groups in total. The standard InChI is InChI=1S/C12H21BrN2O/c1-4-15(9-12(2,3)8-14)7-10-5-6-11(13)16-10/h5-6H,4,7-9,14H2,1-3H3. The van der Waals surface area contributed by atoms with Gasteiger partial charge >= 0.3 is 0 Å². The Morgan fingerprint density at radius 2 is 2.12 bits per heavy atom. The van der Waals surface area contributed by atoms with Gasteiger partial charge in [0.25, 0.3) is 0 Å². The van der Waals surface area contributed by atoms with Crippen molar-refractivity contribution in [3.05, 3.63) is 22.6 Å². The second kappa shape index (κ2) is 5.84. The largest absolute Gasteiger partial charge is 0.453 e. The fourth-order valence-corrected chi connectivity index (χ4v) is 1.95. The van der Waals surface area contributed by atoms with E-state index in [-0.39, 0.29) is 5.41 Å². The van der Waals surface area contributed by atoms with Crippen molar-refractivity contribution in [1.29, 1.82) is 0 Å². The van der Waals surface area contributed by atoms with Crippen molar-refractivity contribution in [2.45, 2.75) is 27.3 Å². The minimum absolute atomic E-state index is 0.153. The maximum atomic E-state index is 5.75. The normalized spacial score (nSPS) is 12.4. The molecule has 3 nitrogen and oxygen atoms in total. The molecule has 0 bridgehead atoms. The summed E-state index contributed by atoms with van der Waals surface area (Å²) in [6, 6.07) is 3.93. The highest BCUT2D eigenvalue weighted by Gasteiger charge is 2.20. The smallest absolute Gasteiger partial charge is 0.169 e. The van der Waals surface area contributed by atoms with Crippen LogP contribution in [-0.4, -0.2) is 24.5 Å². The Kier molecular flexibility index (Phi) is 5.02. The first-order valence-electron chi connectivity index (χ1n) is 5.63. The molecule has 1 heterocycles. The molecular weight excluding hydrogens is 268 g/mol. The van der Waals surface area contributed by atoms with Crippen LogP contribution in [0.3, 0.4) is 0 Å². The molecule has 0 aliphatic heterocycles. The van der Waals surface area contributed by atoms with Crippen LogP contribution < -0.4 is 5.73 Å². The highest BCUT2D eigenvalue weighted by Crippen LogP contribution is 2.19. The molecule has 0 spiro atoms. The van der Waals surface area contributed by atoms with E-state index in [1.807, 2.05) is 12.1 Å². The molecule has 0 unspecified atom stereocenters. The minimum Gasteiger partial charge on any atom is -0.453 e. The highest BCUT2D eigenvalue weighted by atomic mass is 79.9. The highest BCUT2D eigenvalue weighted by molar-refractivity contribution is 9.10. The fourth-order valence-electron chi connectivity index (χ4n) is 1.61. The third-order valence-electron chi connectivity index (χ3n) is 2.66. The average Bonchev–Trinajstić information content (AvgIpc) is 2.63. The van der Waals surface area contributed by atoms with Crippen molar-refractivity contribution in [1.82, 2.24) is 4.90 Å². The van der Waals surface area contributed by atoms with Gasteiger partial charge < -0.3 is 10.2 Å². The van der Waals surface area contributed by atoms with Crippen LogP contribution in [0.25, 0.3) is 0 Å². The monoisotopic (exact) mass is 288 g/mol. The van der Waals surface area contributed by atoms with Crippen molar-refractivity contribution in [3.8, 4) is 0 Å². The summed E-state index contributed by atoms with van der Waals surface area (Å²) >= 11 is 3.31. The second-order valence-corrected chi connectivity index (χ2v) is 5.66. The lowest BCUT2D eigenvalue weighted by molar-refractivity contribution is 0.172. The first kappa shape index (κ1) is 13.7. The van der Waals surface area contributed by atoms with E-state index in [0.29, 0.717) is 6.54 Å². The Morgan fingerprint density at radius 3 is 2.56 bits per heavy atom. The molecule has 0 atom stereocenters. The molecule has 0 saturated carbocycles. The van der Waals surface area contributed by atoms with E-state index < -0.39 is 0 Å². The van der Waals surface area contributed by atoms with E-state index in [9.17, 15) is 0 Å². The fraction of sp³-hybridized carbons (Fsp3) is 0.667. The molecule has 0 radical (unpaired) electrons. The SMILES string of the molecule is CCN(Cc1ccc(Br)o1)CC(C)(C)CN. The van der Waals surface area contributed by atoms with E-state index in [0.717, 1.165) is 30.1 Å². The van der Waals surface area contributed by atoms with Crippen molar-refractivity contribution in [3.63, 3.8) is 0 Å². The topological polar surface area (TPSA) is 42.4 Å². The van der Waals surface area contributed by atoms with Gasteiger partial charge in [-0.1, -0.05) is 20.8 Å². The Morgan fingerprint density at radius 1 is 1.44 bits per heavy atom. The van der Waals surface area contributed by atoms with Crippen molar-refractivity contribution < 1.29 is 4.42 Å². The number of halogens is 1. The summed E-state index contributed by atoms with van der Waals surface area (Å²) in [5.41, 5.74) is 5.90. The van der Waals surface area contributed by atoms with Gasteiger partial charge in [0.2, 0.25) is 0 Å². The number of rotatable bonds is 6. The van der Waals surface area contributed by atoms with Crippen molar-refractivity contribution in [2.75, 3.05) is 19.6 Å². The first-order chi connectivity index (χ1) is 7.46. The maximum absolute atomic E-state index is 5.75. The predicted octanol–water partition coefficient (Wildman–Crippen LogP) is 2.85. The molecule has 0 aliphatic rings. The molecule has 1 aromatic heterocycles. The summed E-state index contributed by atoms with van der Waals surface area (Å²) in [6.07, 6.45) is 0. The lowest BCUT2D eigenvalue weighted by Crippen LogP contribution is -2.38. The summed E-state index contributed by atoms with van der Waals surface area (Å²) in [6.45, 7) is 10.1. The molecule has 0 aromatic carbocycles. The molecular formula is C12H21BrN2O. The molecule has 16 heavy (non-hydrogen) atoms. The molecule has 0 saturated heterocycles. The van der Waals surface area contributed by atoms with E-state index >= 15 is 0 Å². The lowest BCUT2D eigenvalue weighted by atomic mass is 9.93. The van der Waals surface area contributed by atoms with Crippen LogP contribution in [0.4, 0.5) is 0 Å². The Balaban J connectivity index is 2.55. The second-order valence-electron chi connectivity index (χ2n) is 4.88. The van der Waals surface area contributed by atoms with Crippen LogP contribution in [0.5, 0.6) is 0 Å². The summed E-state index contributed by atoms with van der Waals surface area (Å²) in [7, 11) is 0. The van der Waals surface area contributed by atoms with Gasteiger partial charge in [0.1, 0.15) is 5.76 Å². The summed E-state index contributed by atoms with van der Waals surface area (Å²) in [5.74, 6) is 0.988. The number of nitrogens with two attached hydrogens (primary N) is 1. The van der Waals surface area contributed by atoms with Gasteiger partial charge in [-0.3, -0.25) is 4.90 Å². The first-order valence-corrected chi connectivity index (χ1v) is 6.43. The molecule has 4 heteroatoms. The third-order valence-corrected chi connectivity index (χ3v) is 3.09. The van der Waals surface area contributed by atoms with Crippen LogP contribution in [0, 0.1) is 5.41 Å². The summed E-state index contributed by atoms with van der Waals surface area (Å²) in [4.78, 5) is 2.35. The zero-order valence-electron chi connectivity index (χ0n) is 10.3. The Hall–Kier alpha value is -0.320. The number of nitrogens with zero attached hydrogens (tertiary/aromatic N) is 1. The third kappa shape index (κ3) is 4.28. The summed E-state index contributed by atoms with van der Waals surface area (Å²) in [5, 5.41) is 0. The number of hydrogen-bond donors (Lipinski definition) is 1. The van der Waals surface area contributed by atoms with Gasteiger partial charge in [-0.25, -0.2) is 0 Å². The van der Waals surface area contributed by atoms with Gasteiger partial charge in [-0.2, -0.15) is 0 Å². The number of furan rings is 1. The Labute approximate surface area is 106 Å². The van der Waals surface area contributed by atoms with Crippen LogP contribution >= 0.6 is 15.9 Å². The van der Waals surface area contributed by atoms with Gasteiger partial charge in [-0.15, -0.1) is 0 Å². The van der Waals surface area contributed by atoms with E-state index in [1.54, 1.807) is 0 Å². The van der Waals surface area contributed by atoms with Gasteiger partial charge in [-0.05, 0) is 46.6 Å². The van der Waals surface area contributed by atoms with Gasteiger partial charge in [0.15, 0.2) is 4.67 Å². The van der Waals surface area contributed by atoms with Gasteiger partial charge in [0, 0.05) is 6.54 Å². The lowest BCUT2D eigenvalue weighted by Gasteiger charge is -2.30. The molecule has 1 aromatic rings. The van der Waals surface area contributed by atoms with Gasteiger partial charge in [0.05, 0.1) is 6.54 Å². The number of hydrogen-bond acceptors (Lipinski definition) is 3. The molecule has 0 aliphatic carbocycles. The quantitative estimate of drug-likeness (QED) is 0.875. The van der Waals surface area contributed by atoms with Crippen molar-refractivity contribution in [2.24, 2.45) is 11.1 Å². The minimum atomic E-state index is 0.153. The van der Waals surface area contributed by atoms with Crippen LogP contribution in [0.2, 0.25) is 0 Å². The summed E-state index contributed by atoms with van der Waals surface area (Å²) < 4.78 is 6.30. The van der Waals surface area contributed by atoms with E-state index in [4.69, 9.17) is 10.2 Å².